The van der Waals surface area contributed by atoms with Gasteiger partial charge in [0.2, 0.25) is 0 Å². The van der Waals surface area contributed by atoms with Gasteiger partial charge in [-0.15, -0.1) is 0 Å². The van der Waals surface area contributed by atoms with E-state index in [2.05, 4.69) is 54.4 Å². The van der Waals surface area contributed by atoms with Gasteiger partial charge in [-0.25, -0.2) is 0 Å². The third kappa shape index (κ3) is 3.25. The highest BCUT2D eigenvalue weighted by Gasteiger charge is 2.72. The molecule has 0 aromatic heterocycles. The van der Waals surface area contributed by atoms with E-state index in [-0.39, 0.29) is 23.9 Å². The van der Waals surface area contributed by atoms with Gasteiger partial charge < -0.3 is 20.3 Å². The number of phenols is 1. The molecule has 0 amide bonds. The fourth-order valence-electron chi connectivity index (χ4n) is 8.30. The van der Waals surface area contributed by atoms with Crippen LogP contribution in [0.15, 0.2) is 36.4 Å². The number of hydrogen-bond donors (Lipinski definition) is 3. The fraction of sp³-hybridized carbons (Fsp3) is 0.613. The quantitative estimate of drug-likeness (QED) is 0.542. The van der Waals surface area contributed by atoms with Crippen molar-refractivity contribution in [2.24, 2.45) is 11.8 Å². The predicted molar refractivity (Wildman–Crippen MR) is 140 cm³/mol. The summed E-state index contributed by atoms with van der Waals surface area (Å²) in [5.74, 6) is 2.28. The molecule has 7 rings (SSSR count). The molecule has 0 radical (unpaired) electrons. The van der Waals surface area contributed by atoms with Gasteiger partial charge in [-0.1, -0.05) is 44.2 Å². The Labute approximate surface area is 214 Å². The van der Waals surface area contributed by atoms with Crippen molar-refractivity contribution in [2.75, 3.05) is 13.1 Å². The Morgan fingerprint density at radius 1 is 1.08 bits per heavy atom. The summed E-state index contributed by atoms with van der Waals surface area (Å²) < 4.78 is 6.71. The van der Waals surface area contributed by atoms with Crippen molar-refractivity contribution in [3.8, 4) is 11.5 Å². The molecule has 0 unspecified atom stereocenters. The van der Waals surface area contributed by atoms with Gasteiger partial charge in [0.05, 0.1) is 11.0 Å². The number of phenolic OH excluding ortho intramolecular Hbond substituents is 1. The van der Waals surface area contributed by atoms with E-state index in [1.165, 1.54) is 29.5 Å². The molecule has 2 saturated carbocycles. The van der Waals surface area contributed by atoms with Crippen molar-refractivity contribution in [3.63, 3.8) is 0 Å². The molecule has 1 spiro atoms. The number of rotatable bonds is 7. The van der Waals surface area contributed by atoms with Crippen LogP contribution in [0.2, 0.25) is 0 Å². The Hall–Kier alpha value is -2.08. The molecule has 5 heteroatoms. The Kier molecular flexibility index (Phi) is 5.26. The van der Waals surface area contributed by atoms with Crippen molar-refractivity contribution in [1.82, 2.24) is 10.2 Å². The summed E-state index contributed by atoms with van der Waals surface area (Å²) in [6.07, 6.45) is 6.97. The zero-order chi connectivity index (χ0) is 24.7. The highest BCUT2D eigenvalue weighted by atomic mass is 16.5. The number of nitrogens with zero attached hydrogens (tertiary/aromatic N) is 1. The molecule has 2 aliphatic heterocycles. The molecule has 2 bridgehead atoms. The first-order valence-corrected chi connectivity index (χ1v) is 14.2. The van der Waals surface area contributed by atoms with Crippen molar-refractivity contribution < 1.29 is 14.9 Å². The van der Waals surface area contributed by atoms with Crippen molar-refractivity contribution in [1.29, 1.82) is 0 Å². The maximum atomic E-state index is 12.6. The molecule has 3 aliphatic carbocycles. The highest BCUT2D eigenvalue weighted by molar-refractivity contribution is 5.62. The van der Waals surface area contributed by atoms with E-state index in [4.69, 9.17) is 4.74 Å². The lowest BCUT2D eigenvalue weighted by Crippen LogP contribution is -2.78. The summed E-state index contributed by atoms with van der Waals surface area (Å²) in [6, 6.07) is 12.9. The maximum absolute atomic E-state index is 12.6. The van der Waals surface area contributed by atoms with E-state index in [0.29, 0.717) is 11.7 Å². The van der Waals surface area contributed by atoms with Gasteiger partial charge in [-0.05, 0) is 86.1 Å². The van der Waals surface area contributed by atoms with Crippen LogP contribution in [0.25, 0.3) is 0 Å². The molecule has 5 aliphatic rings. The number of likely N-dealkylation sites (tertiary alicyclic amines) is 1. The first-order valence-electron chi connectivity index (χ1n) is 14.2. The van der Waals surface area contributed by atoms with Gasteiger partial charge in [0.25, 0.3) is 0 Å². The largest absolute Gasteiger partial charge is 0.504 e. The summed E-state index contributed by atoms with van der Waals surface area (Å²) in [5, 5.41) is 27.3. The zero-order valence-electron chi connectivity index (χ0n) is 21.7. The SMILES string of the molecule is CC(C)Cc1ccccc1CN[C@@H]1CC[C@@]2(O)[C@H]3Cc4ccc(O)c5c4[C@@]2(CCN3CC2CC2)[C@H]1O5. The number of hydrogen-bond acceptors (Lipinski definition) is 5. The normalized spacial score (nSPS) is 34.5. The minimum Gasteiger partial charge on any atom is -0.504 e. The number of piperidine rings is 1. The van der Waals surface area contributed by atoms with Crippen molar-refractivity contribution >= 4 is 0 Å². The fourth-order valence-corrected chi connectivity index (χ4v) is 8.30. The van der Waals surface area contributed by atoms with Gasteiger partial charge in [-0.3, -0.25) is 4.90 Å². The van der Waals surface area contributed by atoms with Crippen LogP contribution in [-0.2, 0) is 24.8 Å². The molecule has 3 fully saturated rings. The van der Waals surface area contributed by atoms with Crippen LogP contribution >= 0.6 is 0 Å². The smallest absolute Gasteiger partial charge is 0.165 e. The third-order valence-electron chi connectivity index (χ3n) is 10.1. The Balaban J connectivity index is 1.23. The number of nitrogens with one attached hydrogen (secondary N) is 1. The molecular formula is C31H40N2O3. The van der Waals surface area contributed by atoms with Crippen molar-refractivity contribution in [2.45, 2.75) is 94.5 Å². The van der Waals surface area contributed by atoms with Crippen LogP contribution in [-0.4, -0.2) is 52.0 Å². The topological polar surface area (TPSA) is 65.0 Å². The van der Waals surface area contributed by atoms with E-state index in [1.54, 1.807) is 6.07 Å². The van der Waals surface area contributed by atoms with Crippen LogP contribution < -0.4 is 10.1 Å². The molecule has 1 saturated heterocycles. The summed E-state index contributed by atoms with van der Waals surface area (Å²) in [7, 11) is 0. The summed E-state index contributed by atoms with van der Waals surface area (Å²) in [5.41, 5.74) is 3.88. The average molecular weight is 489 g/mol. The van der Waals surface area contributed by atoms with Crippen LogP contribution in [0.3, 0.4) is 0 Å². The summed E-state index contributed by atoms with van der Waals surface area (Å²) in [4.78, 5) is 2.60. The second kappa shape index (κ2) is 8.21. The highest BCUT2D eigenvalue weighted by Crippen LogP contribution is 2.65. The number of aromatic hydroxyl groups is 1. The molecule has 2 aromatic carbocycles. The molecule has 192 valence electrons. The van der Waals surface area contributed by atoms with E-state index in [0.717, 1.165) is 63.2 Å². The first-order chi connectivity index (χ1) is 17.4. The Bertz CT molecular complexity index is 1180. The average Bonchev–Trinajstić information content (AvgIpc) is 3.59. The lowest BCUT2D eigenvalue weighted by atomic mass is 9.48. The van der Waals surface area contributed by atoms with Crippen LogP contribution in [0.5, 0.6) is 11.5 Å². The standard InChI is InChI=1S/C31H40N2O3/c1-19(2)15-21-5-3-4-6-23(21)17-32-24-11-12-31(35)26-16-22-9-10-25(34)28-27(22)30(31,29(24)36-28)13-14-33(26)18-20-7-8-20/h3-6,9-10,19-20,24,26,29,32,34-35H,7-8,11-18H2,1-2H3/t24-,26-,29+,30+,31-/m1/s1. The van der Waals surface area contributed by atoms with E-state index < -0.39 is 11.0 Å². The predicted octanol–water partition coefficient (Wildman–Crippen LogP) is 4.31. The van der Waals surface area contributed by atoms with Gasteiger partial charge >= 0.3 is 0 Å². The van der Waals surface area contributed by atoms with Crippen LogP contribution in [0.1, 0.15) is 68.2 Å². The Morgan fingerprint density at radius 2 is 1.89 bits per heavy atom. The zero-order valence-corrected chi connectivity index (χ0v) is 21.7. The summed E-state index contributed by atoms with van der Waals surface area (Å²) in [6.45, 7) is 7.46. The Morgan fingerprint density at radius 3 is 2.67 bits per heavy atom. The summed E-state index contributed by atoms with van der Waals surface area (Å²) >= 11 is 0. The van der Waals surface area contributed by atoms with Crippen molar-refractivity contribution in [3.05, 3.63) is 58.7 Å². The molecule has 2 aromatic rings. The lowest BCUT2D eigenvalue weighted by Gasteiger charge is -2.64. The van der Waals surface area contributed by atoms with Crippen LogP contribution in [0.4, 0.5) is 0 Å². The first kappa shape index (κ1) is 23.1. The van der Waals surface area contributed by atoms with Gasteiger partial charge in [0, 0.05) is 30.7 Å². The second-order valence-electron chi connectivity index (χ2n) is 12.7. The molecule has 36 heavy (non-hydrogen) atoms. The van der Waals surface area contributed by atoms with Crippen LogP contribution in [0, 0.1) is 11.8 Å². The minimum atomic E-state index is -0.815. The second-order valence-corrected chi connectivity index (χ2v) is 12.7. The maximum Gasteiger partial charge on any atom is 0.165 e. The van der Waals surface area contributed by atoms with Gasteiger partial charge in [0.1, 0.15) is 6.10 Å². The van der Waals surface area contributed by atoms with Gasteiger partial charge in [-0.2, -0.15) is 0 Å². The van der Waals surface area contributed by atoms with E-state index >= 15 is 0 Å². The molecule has 2 heterocycles. The third-order valence-corrected chi connectivity index (χ3v) is 10.1. The minimum absolute atomic E-state index is 0.130. The monoisotopic (exact) mass is 488 g/mol. The number of benzene rings is 2. The van der Waals surface area contributed by atoms with E-state index in [9.17, 15) is 10.2 Å². The lowest BCUT2D eigenvalue weighted by molar-refractivity contribution is -0.191. The molecule has 3 N–H and O–H groups in total. The van der Waals surface area contributed by atoms with Gasteiger partial charge in [0.15, 0.2) is 11.5 Å². The number of ether oxygens (including phenoxy) is 1. The molecule has 5 nitrogen and oxygen atoms in total. The molecule has 5 atom stereocenters. The van der Waals surface area contributed by atoms with E-state index in [1.807, 2.05) is 0 Å². The number of aliphatic hydroxyl groups is 1. The molecular weight excluding hydrogens is 448 g/mol.